The molecule has 4 rings (SSSR count). The summed E-state index contributed by atoms with van der Waals surface area (Å²) in [5, 5.41) is 0. The fraction of sp³-hybridized carbons (Fsp3) is 0.550. The highest BCUT2D eigenvalue weighted by Gasteiger charge is 2.55. The zero-order chi connectivity index (χ0) is 17.6. The van der Waals surface area contributed by atoms with E-state index in [1.165, 1.54) is 11.1 Å². The molecule has 1 heterocycles. The number of ether oxygens (including phenoxy) is 3. The Morgan fingerprint density at radius 1 is 1.20 bits per heavy atom. The number of piperidine rings is 1. The largest absolute Gasteiger partial charge is 0.501 e. The van der Waals surface area contributed by atoms with Crippen molar-refractivity contribution >= 4 is 6.41 Å². The molecule has 1 amide bonds. The van der Waals surface area contributed by atoms with Crippen LogP contribution >= 0.6 is 0 Å². The van der Waals surface area contributed by atoms with Gasteiger partial charge in [0.1, 0.15) is 0 Å². The molecule has 5 nitrogen and oxygen atoms in total. The molecule has 1 aromatic rings. The number of methoxy groups -OCH3 is 3. The third-order valence-corrected chi connectivity index (χ3v) is 6.38. The fourth-order valence-corrected chi connectivity index (χ4v) is 5.33. The normalized spacial score (nSPS) is 29.9. The van der Waals surface area contributed by atoms with Crippen molar-refractivity contribution in [2.24, 2.45) is 5.92 Å². The van der Waals surface area contributed by atoms with Crippen molar-refractivity contribution in [3.05, 3.63) is 35.1 Å². The zero-order valence-corrected chi connectivity index (χ0v) is 15.1. The molecule has 1 aromatic carbocycles. The lowest BCUT2D eigenvalue weighted by atomic mass is 9.54. The molecular weight excluding hydrogens is 318 g/mol. The van der Waals surface area contributed by atoms with Gasteiger partial charge in [0.05, 0.1) is 27.1 Å². The Labute approximate surface area is 148 Å². The maximum Gasteiger partial charge on any atom is 0.209 e. The molecule has 0 saturated carbocycles. The number of fused-ring (bicyclic) bond motifs is 1. The first-order chi connectivity index (χ1) is 12.2. The molecule has 1 saturated heterocycles. The van der Waals surface area contributed by atoms with Crippen LogP contribution in [-0.2, 0) is 21.4 Å². The molecule has 134 valence electrons. The van der Waals surface area contributed by atoms with Crippen LogP contribution in [0.5, 0.6) is 11.5 Å². The van der Waals surface area contributed by atoms with E-state index < -0.39 is 0 Å². The Balaban J connectivity index is 1.98. The van der Waals surface area contributed by atoms with Gasteiger partial charge in [-0.2, -0.15) is 0 Å². The van der Waals surface area contributed by atoms with Gasteiger partial charge in [0.15, 0.2) is 11.5 Å². The molecule has 3 atom stereocenters. The van der Waals surface area contributed by atoms with Crippen molar-refractivity contribution in [2.45, 2.75) is 37.1 Å². The number of carbonyl (C=O) groups is 1. The lowest BCUT2D eigenvalue weighted by Crippen LogP contribution is -2.59. The van der Waals surface area contributed by atoms with Crippen LogP contribution in [0, 0.1) is 5.92 Å². The summed E-state index contributed by atoms with van der Waals surface area (Å²) < 4.78 is 17.0. The van der Waals surface area contributed by atoms with Crippen LogP contribution in [0.2, 0.25) is 0 Å². The van der Waals surface area contributed by atoms with Gasteiger partial charge in [0.25, 0.3) is 0 Å². The summed E-state index contributed by atoms with van der Waals surface area (Å²) in [7, 11) is 5.13. The van der Waals surface area contributed by atoms with Gasteiger partial charge in [-0.3, -0.25) is 4.79 Å². The second kappa shape index (κ2) is 5.97. The Hall–Kier alpha value is -2.17. The first-order valence-electron chi connectivity index (χ1n) is 8.89. The van der Waals surface area contributed by atoms with E-state index in [9.17, 15) is 4.79 Å². The SMILES string of the molecule is COC1=CC23CCN(C=O)C(Cc4ccc(OC)c(OC)c42)C3CC1. The summed E-state index contributed by atoms with van der Waals surface area (Å²) in [6.07, 6.45) is 7.03. The Morgan fingerprint density at radius 2 is 2.04 bits per heavy atom. The Morgan fingerprint density at radius 3 is 2.72 bits per heavy atom. The second-order valence-electron chi connectivity index (χ2n) is 7.20. The summed E-state index contributed by atoms with van der Waals surface area (Å²) in [4.78, 5) is 13.6. The van der Waals surface area contributed by atoms with Gasteiger partial charge in [-0.1, -0.05) is 6.07 Å². The molecule has 3 aliphatic rings. The standard InChI is InChI=1S/C20H25NO4/c1-23-14-5-6-15-16-10-13-4-7-17(24-2)19(25-3)18(13)20(15,11-14)8-9-21(16)12-22/h4,7,11-12,15-16H,5-6,8-10H2,1-3H3. The molecule has 1 aliphatic heterocycles. The molecule has 3 unspecified atom stereocenters. The van der Waals surface area contributed by atoms with Crippen LogP contribution in [0.3, 0.4) is 0 Å². The van der Waals surface area contributed by atoms with E-state index in [2.05, 4.69) is 12.1 Å². The zero-order valence-electron chi connectivity index (χ0n) is 15.1. The smallest absolute Gasteiger partial charge is 0.209 e. The highest BCUT2D eigenvalue weighted by molar-refractivity contribution is 5.61. The summed E-state index contributed by atoms with van der Waals surface area (Å²) >= 11 is 0. The second-order valence-corrected chi connectivity index (χ2v) is 7.20. The maximum absolute atomic E-state index is 11.6. The third kappa shape index (κ3) is 2.17. The van der Waals surface area contributed by atoms with E-state index in [4.69, 9.17) is 14.2 Å². The number of benzene rings is 1. The minimum Gasteiger partial charge on any atom is -0.501 e. The number of amides is 1. The van der Waals surface area contributed by atoms with Gasteiger partial charge in [-0.05, 0) is 42.9 Å². The summed E-state index contributed by atoms with van der Waals surface area (Å²) in [6.45, 7) is 0.762. The highest BCUT2D eigenvalue weighted by atomic mass is 16.5. The van der Waals surface area contributed by atoms with Gasteiger partial charge in [-0.25, -0.2) is 0 Å². The number of hydrogen-bond acceptors (Lipinski definition) is 4. The van der Waals surface area contributed by atoms with E-state index in [1.807, 2.05) is 11.0 Å². The van der Waals surface area contributed by atoms with Crippen LogP contribution < -0.4 is 9.47 Å². The van der Waals surface area contributed by atoms with Crippen molar-refractivity contribution in [2.75, 3.05) is 27.9 Å². The molecule has 0 aromatic heterocycles. The van der Waals surface area contributed by atoms with Crippen molar-refractivity contribution in [1.82, 2.24) is 4.90 Å². The number of rotatable bonds is 4. The predicted octanol–water partition coefficient (Wildman–Crippen LogP) is 2.67. The van der Waals surface area contributed by atoms with Crippen molar-refractivity contribution in [3.8, 4) is 11.5 Å². The van der Waals surface area contributed by atoms with Crippen LogP contribution in [0.1, 0.15) is 30.4 Å². The number of allylic oxidation sites excluding steroid dienone is 2. The van der Waals surface area contributed by atoms with Crippen LogP contribution in [0.25, 0.3) is 0 Å². The van der Waals surface area contributed by atoms with Crippen LogP contribution in [-0.4, -0.2) is 45.2 Å². The lowest BCUT2D eigenvalue weighted by molar-refractivity contribution is -0.125. The molecule has 0 N–H and O–H groups in total. The van der Waals surface area contributed by atoms with E-state index >= 15 is 0 Å². The first kappa shape index (κ1) is 16.3. The first-order valence-corrected chi connectivity index (χ1v) is 8.89. The number of likely N-dealkylation sites (tertiary alicyclic amines) is 1. The van der Waals surface area contributed by atoms with E-state index in [0.29, 0.717) is 5.92 Å². The maximum atomic E-state index is 11.6. The highest BCUT2D eigenvalue weighted by Crippen LogP contribution is 2.58. The quantitative estimate of drug-likeness (QED) is 0.789. The average Bonchev–Trinajstić information content (AvgIpc) is 2.66. The van der Waals surface area contributed by atoms with Gasteiger partial charge in [-0.15, -0.1) is 0 Å². The Bertz CT molecular complexity index is 729. The van der Waals surface area contributed by atoms with Gasteiger partial charge in [0, 0.05) is 30.0 Å². The molecule has 0 spiro atoms. The van der Waals surface area contributed by atoms with Crippen molar-refractivity contribution < 1.29 is 19.0 Å². The molecule has 2 aliphatic carbocycles. The minimum absolute atomic E-state index is 0.152. The molecular formula is C20H25NO4. The number of hydrogen-bond donors (Lipinski definition) is 0. The average molecular weight is 343 g/mol. The minimum atomic E-state index is -0.152. The molecule has 5 heteroatoms. The van der Waals surface area contributed by atoms with Crippen molar-refractivity contribution in [3.63, 3.8) is 0 Å². The van der Waals surface area contributed by atoms with Gasteiger partial charge in [0.2, 0.25) is 6.41 Å². The summed E-state index contributed by atoms with van der Waals surface area (Å²) in [5.41, 5.74) is 2.33. The topological polar surface area (TPSA) is 48.0 Å². The van der Waals surface area contributed by atoms with Crippen LogP contribution in [0.15, 0.2) is 24.0 Å². The molecule has 0 radical (unpaired) electrons. The summed E-state index contributed by atoms with van der Waals surface area (Å²) in [6, 6.07) is 4.34. The van der Waals surface area contributed by atoms with E-state index in [-0.39, 0.29) is 11.5 Å². The van der Waals surface area contributed by atoms with Crippen LogP contribution in [0.4, 0.5) is 0 Å². The molecule has 1 fully saturated rings. The predicted molar refractivity (Wildman–Crippen MR) is 93.9 cm³/mol. The molecule has 25 heavy (non-hydrogen) atoms. The third-order valence-electron chi connectivity index (χ3n) is 6.38. The van der Waals surface area contributed by atoms with Crippen molar-refractivity contribution in [1.29, 1.82) is 0 Å². The summed E-state index contributed by atoms with van der Waals surface area (Å²) in [5.74, 6) is 3.02. The van der Waals surface area contributed by atoms with E-state index in [1.54, 1.807) is 21.3 Å². The lowest BCUT2D eigenvalue weighted by Gasteiger charge is -2.56. The van der Waals surface area contributed by atoms with E-state index in [0.717, 1.165) is 55.9 Å². The van der Waals surface area contributed by atoms with Gasteiger partial charge >= 0.3 is 0 Å². The Kier molecular flexibility index (Phi) is 3.89. The molecule has 2 bridgehead atoms. The fourth-order valence-electron chi connectivity index (χ4n) is 5.33. The number of carbonyl (C=O) groups excluding carboxylic acids is 1. The monoisotopic (exact) mass is 343 g/mol. The number of nitrogens with zero attached hydrogens (tertiary/aromatic N) is 1. The van der Waals surface area contributed by atoms with Gasteiger partial charge < -0.3 is 19.1 Å².